The highest BCUT2D eigenvalue weighted by atomic mass is 35.5. The monoisotopic (exact) mass is 344 g/mol. The van der Waals surface area contributed by atoms with Crippen molar-refractivity contribution in [2.75, 3.05) is 0 Å². The number of hydrogen-bond acceptors (Lipinski definition) is 3. The van der Waals surface area contributed by atoms with Crippen LogP contribution < -0.4 is 5.73 Å². The fourth-order valence-corrected chi connectivity index (χ4v) is 2.61. The number of primary amides is 1. The van der Waals surface area contributed by atoms with Crippen LogP contribution in [0, 0.1) is 4.77 Å². The van der Waals surface area contributed by atoms with E-state index in [2.05, 4.69) is 10.1 Å². The third-order valence-corrected chi connectivity index (χ3v) is 3.89. The number of rotatable bonds is 4. The third-order valence-electron chi connectivity index (χ3n) is 3.34. The molecule has 0 bridgehead atoms. The maximum atomic E-state index is 11.1. The largest absolute Gasteiger partial charge is 0.366 e. The molecule has 7 heteroatoms. The van der Waals surface area contributed by atoms with E-state index < -0.39 is 5.91 Å². The molecule has 2 aromatic carbocycles. The number of aromatic amines is 1. The molecule has 23 heavy (non-hydrogen) atoms. The molecule has 0 aliphatic rings. The Morgan fingerprint density at radius 2 is 2.00 bits per heavy atom. The number of aromatic nitrogens is 3. The Morgan fingerprint density at radius 3 is 2.65 bits per heavy atom. The Morgan fingerprint density at radius 1 is 1.26 bits per heavy atom. The van der Waals surface area contributed by atoms with Crippen LogP contribution in [0.4, 0.5) is 0 Å². The molecule has 3 aromatic rings. The van der Waals surface area contributed by atoms with Gasteiger partial charge in [-0.2, -0.15) is 5.10 Å². The number of H-pyrrole nitrogens is 1. The minimum Gasteiger partial charge on any atom is -0.366 e. The molecule has 1 aromatic heterocycles. The minimum absolute atomic E-state index is 0.450. The lowest BCUT2D eigenvalue weighted by Gasteiger charge is -2.02. The first-order chi connectivity index (χ1) is 11.0. The van der Waals surface area contributed by atoms with Crippen molar-refractivity contribution in [3.05, 3.63) is 69.5 Å². The predicted molar refractivity (Wildman–Crippen MR) is 91.9 cm³/mol. The lowest BCUT2D eigenvalue weighted by molar-refractivity contribution is 0.100. The number of nitrogens with zero attached hydrogens (tertiary/aromatic N) is 2. The lowest BCUT2D eigenvalue weighted by Crippen LogP contribution is -2.10. The topological polar surface area (TPSA) is 76.7 Å². The van der Waals surface area contributed by atoms with Crippen LogP contribution in [0.25, 0.3) is 11.4 Å². The summed E-state index contributed by atoms with van der Waals surface area (Å²) in [6.07, 6.45) is 0. The van der Waals surface area contributed by atoms with Crippen LogP contribution in [0.5, 0.6) is 0 Å². The Balaban J connectivity index is 1.88. The first kappa shape index (κ1) is 15.5. The number of benzene rings is 2. The summed E-state index contributed by atoms with van der Waals surface area (Å²) in [6.45, 7) is 0.523. The van der Waals surface area contributed by atoms with E-state index in [4.69, 9.17) is 29.6 Å². The molecule has 0 saturated carbocycles. The van der Waals surface area contributed by atoms with Gasteiger partial charge in [0.25, 0.3) is 0 Å². The van der Waals surface area contributed by atoms with E-state index in [1.54, 1.807) is 28.9 Å². The molecule has 0 unspecified atom stereocenters. The van der Waals surface area contributed by atoms with Gasteiger partial charge in [-0.05, 0) is 42.0 Å². The third kappa shape index (κ3) is 3.49. The molecule has 0 spiro atoms. The summed E-state index contributed by atoms with van der Waals surface area (Å²) in [5.74, 6) is 0.170. The number of carbonyl (C=O) groups is 1. The summed E-state index contributed by atoms with van der Waals surface area (Å²) in [6, 6.07) is 14.4. The molecule has 0 aliphatic carbocycles. The van der Waals surface area contributed by atoms with Crippen LogP contribution in [0.2, 0.25) is 5.02 Å². The zero-order chi connectivity index (χ0) is 16.4. The minimum atomic E-state index is -0.462. The molecular weight excluding hydrogens is 332 g/mol. The van der Waals surface area contributed by atoms with Gasteiger partial charge < -0.3 is 10.7 Å². The maximum Gasteiger partial charge on any atom is 0.248 e. The molecule has 3 rings (SSSR count). The maximum absolute atomic E-state index is 11.1. The summed E-state index contributed by atoms with van der Waals surface area (Å²) in [7, 11) is 0. The number of hydrogen-bond donors (Lipinski definition) is 2. The number of carbonyl (C=O) groups excluding carboxylic acids is 1. The van der Waals surface area contributed by atoms with Crippen LogP contribution in [0.15, 0.2) is 48.5 Å². The van der Waals surface area contributed by atoms with Crippen LogP contribution in [-0.2, 0) is 6.54 Å². The van der Waals surface area contributed by atoms with Gasteiger partial charge in [-0.25, -0.2) is 4.68 Å². The highest BCUT2D eigenvalue weighted by Crippen LogP contribution is 2.17. The average molecular weight is 345 g/mol. The first-order valence-corrected chi connectivity index (χ1v) is 7.63. The standard InChI is InChI=1S/C16H13ClN4OS/c17-13-3-1-2-10(8-13)9-21-16(23)19-15(20-21)12-6-4-11(5-7-12)14(18)22/h1-8H,9H2,(H2,18,22)(H,19,20,23). The SMILES string of the molecule is NC(=O)c1ccc(-c2nn(Cc3cccc(Cl)c3)c(=S)[nH]2)cc1. The fraction of sp³-hybridized carbons (Fsp3) is 0.0625. The Labute approximate surface area is 142 Å². The van der Waals surface area contributed by atoms with Gasteiger partial charge in [-0.15, -0.1) is 0 Å². The fourth-order valence-electron chi connectivity index (χ4n) is 2.19. The smallest absolute Gasteiger partial charge is 0.248 e. The molecule has 1 amide bonds. The quantitative estimate of drug-likeness (QED) is 0.712. The molecule has 0 aliphatic heterocycles. The van der Waals surface area contributed by atoms with Gasteiger partial charge in [-0.1, -0.05) is 35.9 Å². The van der Waals surface area contributed by atoms with Crippen molar-refractivity contribution >= 4 is 29.7 Å². The van der Waals surface area contributed by atoms with Crippen LogP contribution in [0.3, 0.4) is 0 Å². The van der Waals surface area contributed by atoms with E-state index in [0.717, 1.165) is 11.1 Å². The Kier molecular flexibility index (Phi) is 4.27. The van der Waals surface area contributed by atoms with Crippen molar-refractivity contribution in [2.24, 2.45) is 5.73 Å². The van der Waals surface area contributed by atoms with Gasteiger partial charge in [0.1, 0.15) is 0 Å². The summed E-state index contributed by atoms with van der Waals surface area (Å²) in [5, 5.41) is 5.15. The van der Waals surface area contributed by atoms with Crippen LogP contribution in [0.1, 0.15) is 15.9 Å². The number of amides is 1. The first-order valence-electron chi connectivity index (χ1n) is 6.85. The van der Waals surface area contributed by atoms with E-state index in [1.165, 1.54) is 0 Å². The highest BCUT2D eigenvalue weighted by Gasteiger charge is 2.07. The average Bonchev–Trinajstić information content (AvgIpc) is 2.88. The molecule has 5 nitrogen and oxygen atoms in total. The van der Waals surface area contributed by atoms with Crippen molar-refractivity contribution in [3.63, 3.8) is 0 Å². The predicted octanol–water partition coefficient (Wildman–Crippen LogP) is 3.41. The molecule has 0 atom stereocenters. The zero-order valence-corrected chi connectivity index (χ0v) is 13.6. The second kappa shape index (κ2) is 6.36. The van der Waals surface area contributed by atoms with Crippen LogP contribution in [-0.4, -0.2) is 20.7 Å². The van der Waals surface area contributed by atoms with Gasteiger partial charge in [0.05, 0.1) is 6.54 Å². The molecule has 3 N–H and O–H groups in total. The van der Waals surface area contributed by atoms with E-state index in [0.29, 0.717) is 27.7 Å². The zero-order valence-electron chi connectivity index (χ0n) is 12.0. The molecule has 0 fully saturated rings. The van der Waals surface area contributed by atoms with Gasteiger partial charge >= 0.3 is 0 Å². The van der Waals surface area contributed by atoms with Crippen LogP contribution >= 0.6 is 23.8 Å². The van der Waals surface area contributed by atoms with Crippen molar-refractivity contribution in [1.82, 2.24) is 14.8 Å². The molecule has 1 heterocycles. The van der Waals surface area contributed by atoms with Gasteiger partial charge in [-0.3, -0.25) is 4.79 Å². The Bertz CT molecular complexity index is 914. The van der Waals surface area contributed by atoms with Gasteiger partial charge in [0.2, 0.25) is 5.91 Å². The second-order valence-corrected chi connectivity index (χ2v) is 5.83. The van der Waals surface area contributed by atoms with Gasteiger partial charge in [0.15, 0.2) is 10.6 Å². The lowest BCUT2D eigenvalue weighted by atomic mass is 10.1. The second-order valence-electron chi connectivity index (χ2n) is 5.01. The van der Waals surface area contributed by atoms with Crippen molar-refractivity contribution in [3.8, 4) is 11.4 Å². The van der Waals surface area contributed by atoms with Crippen molar-refractivity contribution < 1.29 is 4.79 Å². The highest BCUT2D eigenvalue weighted by molar-refractivity contribution is 7.71. The summed E-state index contributed by atoms with van der Waals surface area (Å²) in [4.78, 5) is 14.2. The van der Waals surface area contributed by atoms with E-state index in [9.17, 15) is 4.79 Å². The van der Waals surface area contributed by atoms with E-state index in [-0.39, 0.29) is 0 Å². The Hall–Kier alpha value is -2.44. The number of nitrogens with two attached hydrogens (primary N) is 1. The van der Waals surface area contributed by atoms with E-state index >= 15 is 0 Å². The van der Waals surface area contributed by atoms with E-state index in [1.807, 2.05) is 24.3 Å². The normalized spacial score (nSPS) is 10.7. The molecular formula is C16H13ClN4OS. The summed E-state index contributed by atoms with van der Waals surface area (Å²) < 4.78 is 2.21. The molecule has 0 saturated heterocycles. The molecule has 0 radical (unpaired) electrons. The van der Waals surface area contributed by atoms with Crippen molar-refractivity contribution in [2.45, 2.75) is 6.54 Å². The summed E-state index contributed by atoms with van der Waals surface area (Å²) in [5.41, 5.74) is 7.52. The van der Waals surface area contributed by atoms with Gasteiger partial charge in [0, 0.05) is 16.1 Å². The number of halogens is 1. The number of nitrogens with one attached hydrogen (secondary N) is 1. The molecule has 116 valence electrons. The van der Waals surface area contributed by atoms with Crippen molar-refractivity contribution in [1.29, 1.82) is 0 Å². The summed E-state index contributed by atoms with van der Waals surface area (Å²) >= 11 is 11.3.